The number of halogens is 1. The van der Waals surface area contributed by atoms with Crippen molar-refractivity contribution in [2.24, 2.45) is 0 Å². The molecule has 0 atom stereocenters. The summed E-state index contributed by atoms with van der Waals surface area (Å²) in [6.45, 7) is 5.29. The van der Waals surface area contributed by atoms with E-state index in [0.29, 0.717) is 0 Å². The first kappa shape index (κ1) is 15.1. The Balaban J connectivity index is 1.84. The highest BCUT2D eigenvalue weighted by molar-refractivity contribution is 9.10. The lowest BCUT2D eigenvalue weighted by atomic mass is 10.2. The molecule has 1 nitrogen and oxygen atoms in total. The van der Waals surface area contributed by atoms with Gasteiger partial charge in [-0.25, -0.2) is 0 Å². The normalized spacial score (nSPS) is 14.4. The highest BCUT2D eigenvalue weighted by atomic mass is 79.9. The summed E-state index contributed by atoms with van der Waals surface area (Å²) in [5.74, 6) is 0. The van der Waals surface area contributed by atoms with E-state index < -0.39 is 0 Å². The zero-order valence-electron chi connectivity index (χ0n) is 12.4. The van der Waals surface area contributed by atoms with E-state index in [4.69, 9.17) is 0 Å². The Hall–Kier alpha value is -0.770. The number of hydrogen-bond acceptors (Lipinski definition) is 2. The van der Waals surface area contributed by atoms with E-state index in [0.717, 1.165) is 17.1 Å². The van der Waals surface area contributed by atoms with Gasteiger partial charge in [0.05, 0.1) is 0 Å². The fourth-order valence-corrected chi connectivity index (χ4v) is 3.78. The number of hydrogen-bond donors (Lipinski definition) is 1. The molecule has 1 N–H and O–H groups in total. The molecule has 3 rings (SSSR count). The summed E-state index contributed by atoms with van der Waals surface area (Å²) in [7, 11) is 0. The van der Waals surface area contributed by atoms with Crippen LogP contribution in [0.3, 0.4) is 0 Å². The fourth-order valence-electron chi connectivity index (χ4n) is 2.26. The van der Waals surface area contributed by atoms with Gasteiger partial charge in [-0.1, -0.05) is 39.8 Å². The quantitative estimate of drug-likeness (QED) is 0.757. The van der Waals surface area contributed by atoms with Crippen LogP contribution in [0.5, 0.6) is 0 Å². The van der Waals surface area contributed by atoms with Crippen molar-refractivity contribution in [3.8, 4) is 0 Å². The van der Waals surface area contributed by atoms with Crippen molar-refractivity contribution < 1.29 is 0 Å². The number of benzene rings is 2. The van der Waals surface area contributed by atoms with E-state index in [1.807, 2.05) is 11.8 Å². The van der Waals surface area contributed by atoms with Gasteiger partial charge in [0.2, 0.25) is 0 Å². The van der Waals surface area contributed by atoms with Crippen molar-refractivity contribution in [3.05, 3.63) is 57.6 Å². The SMILES string of the molecule is Cc1ccc(C)c(Sc2ccc(Br)cc2CNC2CC2)c1. The summed E-state index contributed by atoms with van der Waals surface area (Å²) in [6.07, 6.45) is 2.65. The van der Waals surface area contributed by atoms with Crippen molar-refractivity contribution in [3.63, 3.8) is 0 Å². The first-order chi connectivity index (χ1) is 10.1. The molecule has 0 aromatic heterocycles. The van der Waals surface area contributed by atoms with Gasteiger partial charge in [-0.3, -0.25) is 0 Å². The molecule has 0 unspecified atom stereocenters. The average Bonchev–Trinajstić information content (AvgIpc) is 3.27. The predicted molar refractivity (Wildman–Crippen MR) is 94.0 cm³/mol. The van der Waals surface area contributed by atoms with Gasteiger partial charge in [0.15, 0.2) is 0 Å². The molecule has 0 bridgehead atoms. The van der Waals surface area contributed by atoms with Gasteiger partial charge in [-0.2, -0.15) is 0 Å². The van der Waals surface area contributed by atoms with Crippen molar-refractivity contribution in [2.45, 2.75) is 49.1 Å². The molecule has 2 aromatic rings. The summed E-state index contributed by atoms with van der Waals surface area (Å²) in [5.41, 5.74) is 4.04. The average molecular weight is 362 g/mol. The minimum absolute atomic E-state index is 0.738. The molecule has 0 aliphatic heterocycles. The van der Waals surface area contributed by atoms with Crippen LogP contribution >= 0.6 is 27.7 Å². The van der Waals surface area contributed by atoms with E-state index in [2.05, 4.69) is 71.5 Å². The monoisotopic (exact) mass is 361 g/mol. The Labute approximate surface area is 139 Å². The number of nitrogens with one attached hydrogen (secondary N) is 1. The van der Waals surface area contributed by atoms with Crippen LogP contribution in [0.4, 0.5) is 0 Å². The number of rotatable bonds is 5. The lowest BCUT2D eigenvalue weighted by Gasteiger charge is -2.12. The fraction of sp³-hybridized carbons (Fsp3) is 0.333. The Morgan fingerprint density at radius 2 is 1.90 bits per heavy atom. The summed E-state index contributed by atoms with van der Waals surface area (Å²) < 4.78 is 1.15. The Morgan fingerprint density at radius 3 is 2.67 bits per heavy atom. The highest BCUT2D eigenvalue weighted by Gasteiger charge is 2.20. The van der Waals surface area contributed by atoms with E-state index in [-0.39, 0.29) is 0 Å². The van der Waals surface area contributed by atoms with E-state index in [9.17, 15) is 0 Å². The second kappa shape index (κ2) is 6.55. The van der Waals surface area contributed by atoms with Gasteiger partial charge in [-0.15, -0.1) is 0 Å². The van der Waals surface area contributed by atoms with E-state index >= 15 is 0 Å². The van der Waals surface area contributed by atoms with E-state index in [1.165, 1.54) is 39.3 Å². The third kappa shape index (κ3) is 4.12. The molecule has 0 saturated heterocycles. The molecule has 0 spiro atoms. The highest BCUT2D eigenvalue weighted by Crippen LogP contribution is 2.35. The zero-order chi connectivity index (χ0) is 14.8. The summed E-state index contributed by atoms with van der Waals surface area (Å²) in [6, 6.07) is 14.0. The summed E-state index contributed by atoms with van der Waals surface area (Å²) in [5, 5.41) is 3.62. The molecule has 0 radical (unpaired) electrons. The van der Waals surface area contributed by atoms with Crippen molar-refractivity contribution in [1.29, 1.82) is 0 Å². The second-order valence-electron chi connectivity index (χ2n) is 5.78. The summed E-state index contributed by atoms with van der Waals surface area (Å²) >= 11 is 5.47. The first-order valence-electron chi connectivity index (χ1n) is 7.39. The van der Waals surface area contributed by atoms with Crippen LogP contribution in [0.2, 0.25) is 0 Å². The third-order valence-electron chi connectivity index (χ3n) is 3.74. The van der Waals surface area contributed by atoms with Crippen molar-refractivity contribution >= 4 is 27.7 Å². The second-order valence-corrected chi connectivity index (χ2v) is 7.78. The molecule has 1 fully saturated rings. The van der Waals surface area contributed by atoms with Crippen molar-refractivity contribution in [2.75, 3.05) is 0 Å². The van der Waals surface area contributed by atoms with Gasteiger partial charge < -0.3 is 5.32 Å². The molecule has 2 aromatic carbocycles. The molecular weight excluding hydrogens is 342 g/mol. The van der Waals surface area contributed by atoms with Gasteiger partial charge in [-0.05, 0) is 67.6 Å². The van der Waals surface area contributed by atoms with Gasteiger partial charge in [0.1, 0.15) is 0 Å². The lowest BCUT2D eigenvalue weighted by molar-refractivity contribution is 0.680. The molecule has 21 heavy (non-hydrogen) atoms. The van der Waals surface area contributed by atoms with Crippen LogP contribution in [-0.4, -0.2) is 6.04 Å². The Bertz CT molecular complexity index is 650. The van der Waals surface area contributed by atoms with Crippen LogP contribution in [0.15, 0.2) is 50.7 Å². The topological polar surface area (TPSA) is 12.0 Å². The minimum Gasteiger partial charge on any atom is -0.310 e. The van der Waals surface area contributed by atoms with Crippen LogP contribution in [0.25, 0.3) is 0 Å². The zero-order valence-corrected chi connectivity index (χ0v) is 14.9. The third-order valence-corrected chi connectivity index (χ3v) is 5.52. The predicted octanol–water partition coefficient (Wildman–Crippen LogP) is 5.47. The van der Waals surface area contributed by atoms with Gasteiger partial charge in [0, 0.05) is 26.9 Å². The maximum atomic E-state index is 3.62. The standard InChI is InChI=1S/C18H20BrNS/c1-12-3-4-13(2)18(9-12)21-17-8-5-15(19)10-14(17)11-20-16-6-7-16/h3-5,8-10,16,20H,6-7,11H2,1-2H3. The Kier molecular flexibility index (Phi) is 4.72. The largest absolute Gasteiger partial charge is 0.310 e. The Morgan fingerprint density at radius 1 is 1.10 bits per heavy atom. The van der Waals surface area contributed by atoms with E-state index in [1.54, 1.807) is 0 Å². The van der Waals surface area contributed by atoms with Gasteiger partial charge >= 0.3 is 0 Å². The minimum atomic E-state index is 0.738. The summed E-state index contributed by atoms with van der Waals surface area (Å²) in [4.78, 5) is 2.70. The molecular formula is C18H20BrNS. The van der Waals surface area contributed by atoms with Crippen LogP contribution in [-0.2, 0) is 6.54 Å². The lowest BCUT2D eigenvalue weighted by Crippen LogP contribution is -2.15. The van der Waals surface area contributed by atoms with Crippen molar-refractivity contribution in [1.82, 2.24) is 5.32 Å². The maximum Gasteiger partial charge on any atom is 0.0219 e. The molecule has 110 valence electrons. The maximum absolute atomic E-state index is 3.62. The molecule has 0 heterocycles. The molecule has 0 amide bonds. The first-order valence-corrected chi connectivity index (χ1v) is 9.00. The number of aryl methyl sites for hydroxylation is 2. The van der Waals surface area contributed by atoms with Crippen LogP contribution in [0, 0.1) is 13.8 Å². The van der Waals surface area contributed by atoms with Crippen LogP contribution in [0.1, 0.15) is 29.5 Å². The molecule has 1 saturated carbocycles. The van der Waals surface area contributed by atoms with Gasteiger partial charge in [0.25, 0.3) is 0 Å². The molecule has 3 heteroatoms. The smallest absolute Gasteiger partial charge is 0.0219 e. The van der Waals surface area contributed by atoms with Crippen LogP contribution < -0.4 is 5.32 Å². The molecule has 1 aliphatic carbocycles. The molecule has 1 aliphatic rings.